The average Bonchev–Trinajstić information content (AvgIpc) is 2.98. The van der Waals surface area contributed by atoms with Gasteiger partial charge in [0.1, 0.15) is 11.5 Å². The number of hydrogen-bond acceptors (Lipinski definition) is 4. The lowest BCUT2D eigenvalue weighted by Crippen LogP contribution is -2.36. The highest BCUT2D eigenvalue weighted by molar-refractivity contribution is 5.86. The molecule has 5 nitrogen and oxygen atoms in total. The number of ketones is 1. The molecule has 0 radical (unpaired) electrons. The summed E-state index contributed by atoms with van der Waals surface area (Å²) in [7, 11) is 0. The van der Waals surface area contributed by atoms with E-state index in [1.807, 2.05) is 37.3 Å². The topological polar surface area (TPSA) is 61.9 Å². The minimum Gasteiger partial charge on any atom is -0.347 e. The van der Waals surface area contributed by atoms with Crippen LogP contribution in [0.1, 0.15) is 18.7 Å². The van der Waals surface area contributed by atoms with Crippen LogP contribution in [-0.2, 0) is 4.79 Å². The molecule has 3 aliphatic heterocycles. The molecule has 1 saturated heterocycles. The van der Waals surface area contributed by atoms with Gasteiger partial charge in [-0.3, -0.25) is 4.79 Å². The largest absolute Gasteiger partial charge is 0.347 e. The third-order valence-electron chi connectivity index (χ3n) is 4.19. The summed E-state index contributed by atoms with van der Waals surface area (Å²) in [5.41, 5.74) is 3.80. The molecule has 1 N–H and O–H groups in total. The normalized spacial score (nSPS) is 15.3. The number of nitrogens with zero attached hydrogens (tertiary/aromatic N) is 3. The third-order valence-corrected chi connectivity index (χ3v) is 4.19. The molecule has 4 rings (SSSR count). The minimum absolute atomic E-state index is 0.270. The lowest BCUT2D eigenvalue weighted by Gasteiger charge is -2.28. The lowest BCUT2D eigenvalue weighted by atomic mass is 10.1. The van der Waals surface area contributed by atoms with Crippen molar-refractivity contribution in [3.8, 4) is 22.6 Å². The Hall–Kier alpha value is -2.69. The highest BCUT2D eigenvalue weighted by Gasteiger charge is 2.25. The number of piperidine rings is 1. The van der Waals surface area contributed by atoms with Crippen LogP contribution < -0.4 is 4.90 Å². The van der Waals surface area contributed by atoms with Gasteiger partial charge in [-0.05, 0) is 19.4 Å². The number of hydrogen-bond donors (Lipinski definition) is 1. The molecule has 1 aromatic rings. The quantitative estimate of drug-likeness (QED) is 0.790. The van der Waals surface area contributed by atoms with E-state index >= 15 is 0 Å². The van der Waals surface area contributed by atoms with Crippen LogP contribution in [0.2, 0.25) is 0 Å². The molecule has 0 saturated carbocycles. The van der Waals surface area contributed by atoms with Crippen LogP contribution >= 0.6 is 0 Å². The predicted octanol–water partition coefficient (Wildman–Crippen LogP) is 3.05. The molecule has 0 aliphatic carbocycles. The number of aryl methyl sites for hydroxylation is 1. The summed E-state index contributed by atoms with van der Waals surface area (Å²) in [6.07, 6.45) is 1.55. The first-order chi connectivity index (χ1) is 11.2. The van der Waals surface area contributed by atoms with Gasteiger partial charge < -0.3 is 9.88 Å². The summed E-state index contributed by atoms with van der Waals surface area (Å²) in [4.78, 5) is 26.5. The standard InChI is InChI=1S/C18H18N4O/c1-12-19-16-10-15(13-6-3-2-4-7-13)21-17(16)18(20-12)22-9-5-8-14(23)11-22/h2-4,6-7,10H,5,8-9,11H2,1H3,(H,19,20). The van der Waals surface area contributed by atoms with E-state index in [1.54, 1.807) is 0 Å². The fraction of sp³-hybridized carbons (Fsp3) is 0.278. The summed E-state index contributed by atoms with van der Waals surface area (Å²) < 4.78 is 0. The van der Waals surface area contributed by atoms with E-state index < -0.39 is 0 Å². The number of benzene rings is 1. The molecule has 0 atom stereocenters. The maximum absolute atomic E-state index is 11.8. The van der Waals surface area contributed by atoms with Gasteiger partial charge >= 0.3 is 0 Å². The molecule has 3 heterocycles. The Labute approximate surface area is 134 Å². The number of carbonyl (C=O) groups excluding carboxylic acids is 1. The van der Waals surface area contributed by atoms with Crippen LogP contribution in [-0.4, -0.2) is 33.8 Å². The summed E-state index contributed by atoms with van der Waals surface area (Å²) >= 11 is 0. The van der Waals surface area contributed by atoms with Gasteiger partial charge in [0.05, 0.1) is 17.9 Å². The second-order valence-electron chi connectivity index (χ2n) is 5.98. The van der Waals surface area contributed by atoms with Gasteiger partial charge in [0.15, 0.2) is 11.6 Å². The zero-order chi connectivity index (χ0) is 15.8. The second-order valence-corrected chi connectivity index (χ2v) is 5.98. The van der Waals surface area contributed by atoms with Crippen LogP contribution in [0.4, 0.5) is 5.82 Å². The molecule has 1 aromatic carbocycles. The summed E-state index contributed by atoms with van der Waals surface area (Å²) in [6, 6.07) is 12.2. The van der Waals surface area contributed by atoms with Crippen LogP contribution in [0.15, 0.2) is 36.4 Å². The maximum atomic E-state index is 11.8. The molecule has 116 valence electrons. The zero-order valence-corrected chi connectivity index (χ0v) is 13.0. The molecule has 3 aliphatic rings. The number of nitrogens with one attached hydrogen (secondary N) is 1. The summed E-state index contributed by atoms with van der Waals surface area (Å²) in [6.45, 7) is 3.22. The minimum atomic E-state index is 0.270. The lowest BCUT2D eigenvalue weighted by molar-refractivity contribution is -0.118. The second kappa shape index (κ2) is 5.50. The molecule has 1 fully saturated rings. The third kappa shape index (κ3) is 2.59. The molecule has 0 amide bonds. The predicted molar refractivity (Wildman–Crippen MR) is 89.6 cm³/mol. The van der Waals surface area contributed by atoms with Gasteiger partial charge in [-0.25, -0.2) is 9.97 Å². The Morgan fingerprint density at radius 2 is 2.00 bits per heavy atom. The van der Waals surface area contributed by atoms with E-state index in [4.69, 9.17) is 4.98 Å². The van der Waals surface area contributed by atoms with Crippen molar-refractivity contribution < 1.29 is 4.79 Å². The van der Waals surface area contributed by atoms with Crippen LogP contribution in [0.5, 0.6) is 0 Å². The summed E-state index contributed by atoms with van der Waals surface area (Å²) in [5, 5.41) is 0. The fourth-order valence-corrected chi connectivity index (χ4v) is 3.11. The van der Waals surface area contributed by atoms with Gasteiger partial charge in [-0.15, -0.1) is 0 Å². The number of carbonyl (C=O) groups is 1. The molecule has 23 heavy (non-hydrogen) atoms. The van der Waals surface area contributed by atoms with Gasteiger partial charge in [0.25, 0.3) is 0 Å². The SMILES string of the molecule is Cc1nc(N2CCCC(=O)C2)c2nc(-c3ccccc3)cc-2[nH]1. The molecular weight excluding hydrogens is 288 g/mol. The van der Waals surface area contributed by atoms with Crippen molar-refractivity contribution in [3.63, 3.8) is 0 Å². The number of Topliss-reactive ketones (excluding diaryl/α,β-unsaturated/α-hetero) is 1. The van der Waals surface area contributed by atoms with E-state index in [-0.39, 0.29) is 5.78 Å². The van der Waals surface area contributed by atoms with Crippen molar-refractivity contribution in [2.75, 3.05) is 18.0 Å². The van der Waals surface area contributed by atoms with Crippen molar-refractivity contribution in [3.05, 3.63) is 42.2 Å². The number of rotatable bonds is 2. The van der Waals surface area contributed by atoms with E-state index in [0.717, 1.165) is 47.3 Å². The Balaban J connectivity index is 1.82. The van der Waals surface area contributed by atoms with Crippen molar-refractivity contribution in [1.29, 1.82) is 0 Å². The first-order valence-electron chi connectivity index (χ1n) is 7.90. The molecule has 0 bridgehead atoms. The van der Waals surface area contributed by atoms with Crippen molar-refractivity contribution in [2.24, 2.45) is 0 Å². The maximum Gasteiger partial charge on any atom is 0.159 e. The molecule has 0 unspecified atom stereocenters. The summed E-state index contributed by atoms with van der Waals surface area (Å²) in [5.74, 6) is 1.91. The Kier molecular flexibility index (Phi) is 3.33. The van der Waals surface area contributed by atoms with Gasteiger partial charge in [-0.2, -0.15) is 0 Å². The van der Waals surface area contributed by atoms with Gasteiger partial charge in [0.2, 0.25) is 0 Å². The number of fused-ring (bicyclic) bond motifs is 1. The van der Waals surface area contributed by atoms with Crippen LogP contribution in [0.25, 0.3) is 22.6 Å². The van der Waals surface area contributed by atoms with E-state index in [1.165, 1.54) is 0 Å². The van der Waals surface area contributed by atoms with Crippen LogP contribution in [0, 0.1) is 6.92 Å². The zero-order valence-electron chi connectivity index (χ0n) is 13.0. The van der Waals surface area contributed by atoms with Crippen molar-refractivity contribution >= 4 is 11.6 Å². The highest BCUT2D eigenvalue weighted by atomic mass is 16.1. The number of aromatic nitrogens is 3. The number of H-pyrrole nitrogens is 1. The highest BCUT2D eigenvalue weighted by Crippen LogP contribution is 2.34. The first-order valence-corrected chi connectivity index (χ1v) is 7.90. The Morgan fingerprint density at radius 3 is 2.78 bits per heavy atom. The number of anilines is 1. The Bertz CT molecular complexity index is 824. The molecule has 5 heteroatoms. The average molecular weight is 306 g/mol. The van der Waals surface area contributed by atoms with E-state index in [9.17, 15) is 4.79 Å². The molecular formula is C18H18N4O. The smallest absolute Gasteiger partial charge is 0.159 e. The van der Waals surface area contributed by atoms with Crippen molar-refractivity contribution in [2.45, 2.75) is 19.8 Å². The van der Waals surface area contributed by atoms with Gasteiger partial charge in [-0.1, -0.05) is 30.3 Å². The van der Waals surface area contributed by atoms with Gasteiger partial charge in [0, 0.05) is 18.5 Å². The molecule has 0 aromatic heterocycles. The fourth-order valence-electron chi connectivity index (χ4n) is 3.11. The number of aromatic amines is 1. The monoisotopic (exact) mass is 306 g/mol. The van der Waals surface area contributed by atoms with E-state index in [2.05, 4.69) is 20.9 Å². The van der Waals surface area contributed by atoms with E-state index in [0.29, 0.717) is 13.0 Å². The Morgan fingerprint density at radius 1 is 1.17 bits per heavy atom. The first kappa shape index (κ1) is 13.9. The van der Waals surface area contributed by atoms with Crippen molar-refractivity contribution in [1.82, 2.24) is 15.0 Å². The van der Waals surface area contributed by atoms with Crippen LogP contribution in [0.3, 0.4) is 0 Å². The molecule has 0 spiro atoms.